The third-order valence-electron chi connectivity index (χ3n) is 9.73. The Hall–Kier alpha value is -6.16. The molecule has 0 aliphatic heterocycles. The summed E-state index contributed by atoms with van der Waals surface area (Å²) in [6, 6.07) is 62.7. The topological polar surface area (TPSA) is 25.8 Å². The standard InChI is InChI=1S/C48H34N2S/c1-2-40-46(37-15-8-4-9-16-37)49-48(38-17-10-5-11-18-38)50-47(40)41-19-12-20-44-45(41)42-31-39(29-30-43(42)51-44)36-27-25-35(26-28-36)34-23-21-33(22-24-34)32-13-6-3-7-14-32/h3-31H,2H2,1H3. The molecule has 0 saturated heterocycles. The van der Waals surface area contributed by atoms with Crippen molar-refractivity contribution in [3.05, 3.63) is 181 Å². The average molecular weight is 671 g/mol. The molecule has 0 atom stereocenters. The van der Waals surface area contributed by atoms with Crippen molar-refractivity contribution in [2.24, 2.45) is 0 Å². The molecule has 2 aromatic heterocycles. The van der Waals surface area contributed by atoms with Crippen LogP contribution in [-0.2, 0) is 6.42 Å². The van der Waals surface area contributed by atoms with E-state index in [1.54, 1.807) is 0 Å². The molecule has 0 bridgehead atoms. The quantitative estimate of drug-likeness (QED) is 0.169. The average Bonchev–Trinajstić information content (AvgIpc) is 3.60. The monoisotopic (exact) mass is 670 g/mol. The van der Waals surface area contributed by atoms with Crippen LogP contribution >= 0.6 is 11.3 Å². The molecule has 2 heterocycles. The SMILES string of the molecule is CCc1c(-c2ccccc2)nc(-c2ccccc2)nc1-c1cccc2sc3ccc(-c4ccc(-c5ccc(-c6ccccc6)cc5)cc4)cc3c12. The van der Waals surface area contributed by atoms with Gasteiger partial charge in [0, 0.05) is 42.4 Å². The molecule has 9 rings (SSSR count). The molecule has 9 aromatic rings. The minimum Gasteiger partial charge on any atom is -0.228 e. The smallest absolute Gasteiger partial charge is 0.160 e. The highest BCUT2D eigenvalue weighted by molar-refractivity contribution is 7.26. The summed E-state index contributed by atoms with van der Waals surface area (Å²) >= 11 is 1.84. The fourth-order valence-corrected chi connectivity index (χ4v) is 8.25. The van der Waals surface area contributed by atoms with Gasteiger partial charge in [0.2, 0.25) is 0 Å². The van der Waals surface area contributed by atoms with E-state index >= 15 is 0 Å². The Morgan fingerprint density at radius 2 is 0.902 bits per heavy atom. The van der Waals surface area contributed by atoms with Crippen LogP contribution in [0.15, 0.2) is 176 Å². The van der Waals surface area contributed by atoms with Crippen molar-refractivity contribution in [1.82, 2.24) is 9.97 Å². The van der Waals surface area contributed by atoms with Gasteiger partial charge in [-0.2, -0.15) is 0 Å². The first kappa shape index (κ1) is 30.9. The molecule has 0 spiro atoms. The molecule has 7 aromatic carbocycles. The van der Waals surface area contributed by atoms with Crippen molar-refractivity contribution in [1.29, 1.82) is 0 Å². The minimum absolute atomic E-state index is 0.744. The number of rotatable bonds is 7. The summed E-state index contributed by atoms with van der Waals surface area (Å²) in [5.41, 5.74) is 13.7. The van der Waals surface area contributed by atoms with Crippen LogP contribution in [0.1, 0.15) is 12.5 Å². The zero-order chi connectivity index (χ0) is 34.1. The van der Waals surface area contributed by atoms with E-state index in [1.165, 1.54) is 53.6 Å². The van der Waals surface area contributed by atoms with Crippen LogP contribution in [0.25, 0.3) is 87.5 Å². The predicted molar refractivity (Wildman–Crippen MR) is 217 cm³/mol. The molecule has 0 fully saturated rings. The van der Waals surface area contributed by atoms with E-state index in [0.29, 0.717) is 0 Å². The number of fused-ring (bicyclic) bond motifs is 3. The Kier molecular flexibility index (Phi) is 8.04. The van der Waals surface area contributed by atoms with Gasteiger partial charge in [-0.25, -0.2) is 9.97 Å². The third-order valence-corrected chi connectivity index (χ3v) is 10.9. The van der Waals surface area contributed by atoms with Gasteiger partial charge < -0.3 is 0 Å². The van der Waals surface area contributed by atoms with Gasteiger partial charge in [0.25, 0.3) is 0 Å². The normalized spacial score (nSPS) is 11.3. The van der Waals surface area contributed by atoms with Crippen molar-refractivity contribution < 1.29 is 0 Å². The fraction of sp³-hybridized carbons (Fsp3) is 0.0417. The summed E-state index contributed by atoms with van der Waals surface area (Å²) in [5, 5.41) is 2.51. The van der Waals surface area contributed by atoms with Crippen LogP contribution in [0.2, 0.25) is 0 Å². The number of thiophene rings is 1. The first-order chi connectivity index (χ1) is 25.2. The summed E-state index contributed by atoms with van der Waals surface area (Å²) in [6.07, 6.45) is 0.819. The van der Waals surface area contributed by atoms with E-state index in [9.17, 15) is 0 Å². The lowest BCUT2D eigenvalue weighted by atomic mass is 9.94. The maximum Gasteiger partial charge on any atom is 0.160 e. The molecule has 0 aliphatic carbocycles. The Morgan fingerprint density at radius 3 is 1.49 bits per heavy atom. The molecule has 0 amide bonds. The number of hydrogen-bond acceptors (Lipinski definition) is 3. The maximum atomic E-state index is 5.34. The van der Waals surface area contributed by atoms with Crippen molar-refractivity contribution >= 4 is 31.5 Å². The van der Waals surface area contributed by atoms with Crippen LogP contribution < -0.4 is 0 Å². The van der Waals surface area contributed by atoms with Gasteiger partial charge in [0.15, 0.2) is 5.82 Å². The molecular weight excluding hydrogens is 637 g/mol. The Bertz CT molecular complexity index is 2630. The number of hydrogen-bond donors (Lipinski definition) is 0. The molecule has 242 valence electrons. The van der Waals surface area contributed by atoms with Gasteiger partial charge in [0.1, 0.15) is 0 Å². The Morgan fingerprint density at radius 1 is 0.412 bits per heavy atom. The first-order valence-electron chi connectivity index (χ1n) is 17.5. The fourth-order valence-electron chi connectivity index (χ4n) is 7.14. The van der Waals surface area contributed by atoms with Crippen LogP contribution in [0.3, 0.4) is 0 Å². The van der Waals surface area contributed by atoms with Crippen LogP contribution in [0.4, 0.5) is 0 Å². The number of aromatic nitrogens is 2. The second-order valence-corrected chi connectivity index (χ2v) is 13.9. The highest BCUT2D eigenvalue weighted by Crippen LogP contribution is 2.43. The van der Waals surface area contributed by atoms with Crippen LogP contribution in [-0.4, -0.2) is 9.97 Å². The maximum absolute atomic E-state index is 5.34. The molecule has 3 heteroatoms. The first-order valence-corrected chi connectivity index (χ1v) is 18.3. The lowest BCUT2D eigenvalue weighted by Gasteiger charge is -2.16. The molecule has 0 saturated carbocycles. The van der Waals surface area contributed by atoms with Gasteiger partial charge in [-0.3, -0.25) is 0 Å². The van der Waals surface area contributed by atoms with E-state index in [-0.39, 0.29) is 0 Å². The largest absolute Gasteiger partial charge is 0.228 e. The highest BCUT2D eigenvalue weighted by atomic mass is 32.1. The van der Waals surface area contributed by atoms with Crippen molar-refractivity contribution in [3.63, 3.8) is 0 Å². The van der Waals surface area contributed by atoms with Crippen LogP contribution in [0.5, 0.6) is 0 Å². The van der Waals surface area contributed by atoms with Gasteiger partial charge >= 0.3 is 0 Å². The number of nitrogens with zero attached hydrogens (tertiary/aromatic N) is 2. The highest BCUT2D eigenvalue weighted by Gasteiger charge is 2.20. The molecule has 2 nitrogen and oxygen atoms in total. The molecule has 0 N–H and O–H groups in total. The summed E-state index contributed by atoms with van der Waals surface area (Å²) in [6.45, 7) is 2.21. The van der Waals surface area contributed by atoms with Gasteiger partial charge in [-0.05, 0) is 58.0 Å². The second-order valence-electron chi connectivity index (χ2n) is 12.8. The van der Waals surface area contributed by atoms with Gasteiger partial charge in [-0.1, -0.05) is 165 Å². The van der Waals surface area contributed by atoms with E-state index in [4.69, 9.17) is 9.97 Å². The van der Waals surface area contributed by atoms with Crippen molar-refractivity contribution in [2.45, 2.75) is 13.3 Å². The Labute approximate surface area is 302 Å². The van der Waals surface area contributed by atoms with E-state index < -0.39 is 0 Å². The summed E-state index contributed by atoms with van der Waals surface area (Å²) < 4.78 is 2.53. The van der Waals surface area contributed by atoms with Crippen molar-refractivity contribution in [3.8, 4) is 67.3 Å². The summed E-state index contributed by atoms with van der Waals surface area (Å²) in [5.74, 6) is 0.744. The molecular formula is C48H34N2S. The van der Waals surface area contributed by atoms with Gasteiger partial charge in [-0.15, -0.1) is 11.3 Å². The molecule has 51 heavy (non-hydrogen) atoms. The lowest BCUT2D eigenvalue weighted by molar-refractivity contribution is 1.06. The molecule has 0 aliphatic rings. The zero-order valence-corrected chi connectivity index (χ0v) is 29.1. The molecule has 0 unspecified atom stereocenters. The van der Waals surface area contributed by atoms with Crippen LogP contribution in [0, 0.1) is 0 Å². The van der Waals surface area contributed by atoms with E-state index in [0.717, 1.165) is 45.9 Å². The second kappa shape index (κ2) is 13.3. The van der Waals surface area contributed by atoms with Crippen molar-refractivity contribution in [2.75, 3.05) is 0 Å². The third kappa shape index (κ3) is 5.82. The van der Waals surface area contributed by atoms with Gasteiger partial charge in [0.05, 0.1) is 11.4 Å². The minimum atomic E-state index is 0.744. The van der Waals surface area contributed by atoms with E-state index in [2.05, 4.69) is 177 Å². The van der Waals surface area contributed by atoms with E-state index in [1.807, 2.05) is 17.4 Å². The lowest BCUT2D eigenvalue weighted by Crippen LogP contribution is -2.03. The summed E-state index contributed by atoms with van der Waals surface area (Å²) in [7, 11) is 0. The zero-order valence-electron chi connectivity index (χ0n) is 28.3. The molecule has 0 radical (unpaired) electrons. The predicted octanol–water partition coefficient (Wildman–Crippen LogP) is 13.4. The number of benzene rings is 7. The Balaban J connectivity index is 1.15. The summed E-state index contributed by atoms with van der Waals surface area (Å²) in [4.78, 5) is 10.5.